The molecule has 1 heteroatoms. The fraction of sp³-hybridized carbons (Fsp3) is 1.00. The highest BCUT2D eigenvalue weighted by Crippen LogP contribution is 2.50. The lowest BCUT2D eigenvalue weighted by Gasteiger charge is -2.49. The average Bonchev–Trinajstić information content (AvgIpc) is 1.87. The standard InChI is InChI=1S/C8H15Cl/c1-4-8(9)6(2)5-7(8)3/h6-7H,4-5H2,1-3H3. The Kier molecular flexibility index (Phi) is 1.77. The van der Waals surface area contributed by atoms with Crippen LogP contribution in [0.3, 0.4) is 0 Å². The summed E-state index contributed by atoms with van der Waals surface area (Å²) in [5, 5.41) is 0. The van der Waals surface area contributed by atoms with Crippen molar-refractivity contribution in [3.8, 4) is 0 Å². The third-order valence-electron chi connectivity index (χ3n) is 2.89. The molecule has 0 radical (unpaired) electrons. The number of alkyl halides is 1. The van der Waals surface area contributed by atoms with Crippen molar-refractivity contribution in [2.24, 2.45) is 11.8 Å². The van der Waals surface area contributed by atoms with Gasteiger partial charge in [-0.25, -0.2) is 0 Å². The van der Waals surface area contributed by atoms with Crippen molar-refractivity contribution < 1.29 is 0 Å². The molecule has 0 spiro atoms. The molecule has 0 nitrogen and oxygen atoms in total. The van der Waals surface area contributed by atoms with E-state index < -0.39 is 0 Å². The molecule has 1 rings (SSSR count). The van der Waals surface area contributed by atoms with Crippen molar-refractivity contribution >= 4 is 11.6 Å². The van der Waals surface area contributed by atoms with Crippen molar-refractivity contribution in [2.75, 3.05) is 0 Å². The maximum absolute atomic E-state index is 6.29. The zero-order valence-corrected chi connectivity index (χ0v) is 7.20. The van der Waals surface area contributed by atoms with Crippen LogP contribution in [-0.4, -0.2) is 4.87 Å². The Hall–Kier alpha value is 0.290. The lowest BCUT2D eigenvalue weighted by atomic mass is 9.64. The second-order valence-electron chi connectivity index (χ2n) is 3.32. The Labute approximate surface area is 62.6 Å². The van der Waals surface area contributed by atoms with Gasteiger partial charge in [0.05, 0.1) is 0 Å². The first-order valence-electron chi connectivity index (χ1n) is 3.80. The highest BCUT2D eigenvalue weighted by atomic mass is 35.5. The third kappa shape index (κ3) is 0.881. The summed E-state index contributed by atoms with van der Waals surface area (Å²) in [6, 6.07) is 0. The molecule has 2 unspecified atom stereocenters. The smallest absolute Gasteiger partial charge is 0.0495 e. The molecule has 1 aliphatic carbocycles. The van der Waals surface area contributed by atoms with E-state index in [0.29, 0.717) is 0 Å². The number of rotatable bonds is 1. The monoisotopic (exact) mass is 146 g/mol. The van der Waals surface area contributed by atoms with Gasteiger partial charge >= 0.3 is 0 Å². The lowest BCUT2D eigenvalue weighted by Crippen LogP contribution is -2.47. The van der Waals surface area contributed by atoms with E-state index in [1.165, 1.54) is 6.42 Å². The largest absolute Gasteiger partial charge is 0.119 e. The first-order valence-corrected chi connectivity index (χ1v) is 4.18. The van der Waals surface area contributed by atoms with Crippen LogP contribution in [0.1, 0.15) is 33.6 Å². The summed E-state index contributed by atoms with van der Waals surface area (Å²) in [4.78, 5) is 0.153. The van der Waals surface area contributed by atoms with Gasteiger partial charge in [-0.1, -0.05) is 20.8 Å². The summed E-state index contributed by atoms with van der Waals surface area (Å²) >= 11 is 6.29. The first-order chi connectivity index (χ1) is 4.11. The molecule has 0 aromatic carbocycles. The minimum absolute atomic E-state index is 0.153. The molecule has 0 N–H and O–H groups in total. The normalized spacial score (nSPS) is 50.7. The summed E-state index contributed by atoms with van der Waals surface area (Å²) in [6.07, 6.45) is 2.44. The SMILES string of the molecule is CCC1(Cl)C(C)CC1C. The molecule has 0 saturated heterocycles. The minimum atomic E-state index is 0.153. The molecule has 54 valence electrons. The molecular formula is C8H15Cl. The third-order valence-corrected chi connectivity index (χ3v) is 3.90. The number of hydrogen-bond donors (Lipinski definition) is 0. The molecular weight excluding hydrogens is 132 g/mol. The Morgan fingerprint density at radius 2 is 1.89 bits per heavy atom. The fourth-order valence-electron chi connectivity index (χ4n) is 1.94. The van der Waals surface area contributed by atoms with Gasteiger partial charge in [0.2, 0.25) is 0 Å². The molecule has 0 amide bonds. The van der Waals surface area contributed by atoms with Crippen LogP contribution in [0.15, 0.2) is 0 Å². The van der Waals surface area contributed by atoms with Crippen molar-refractivity contribution in [1.29, 1.82) is 0 Å². The van der Waals surface area contributed by atoms with Gasteiger partial charge in [-0.05, 0) is 24.7 Å². The van der Waals surface area contributed by atoms with Gasteiger partial charge in [0.1, 0.15) is 0 Å². The van der Waals surface area contributed by atoms with E-state index in [9.17, 15) is 0 Å². The Morgan fingerprint density at radius 3 is 2.00 bits per heavy atom. The summed E-state index contributed by atoms with van der Waals surface area (Å²) < 4.78 is 0. The zero-order valence-electron chi connectivity index (χ0n) is 6.45. The van der Waals surface area contributed by atoms with Gasteiger partial charge in [0, 0.05) is 4.87 Å². The van der Waals surface area contributed by atoms with E-state index in [1.54, 1.807) is 0 Å². The van der Waals surface area contributed by atoms with E-state index in [-0.39, 0.29) is 4.87 Å². The fourth-order valence-corrected chi connectivity index (χ4v) is 2.12. The maximum Gasteiger partial charge on any atom is 0.0495 e. The summed E-state index contributed by atoms with van der Waals surface area (Å²) in [6.45, 7) is 6.67. The Morgan fingerprint density at radius 1 is 1.44 bits per heavy atom. The van der Waals surface area contributed by atoms with Crippen LogP contribution in [0, 0.1) is 11.8 Å². The van der Waals surface area contributed by atoms with Crippen LogP contribution in [0.4, 0.5) is 0 Å². The topological polar surface area (TPSA) is 0 Å². The van der Waals surface area contributed by atoms with Gasteiger partial charge in [-0.15, -0.1) is 11.6 Å². The molecule has 0 aliphatic heterocycles. The quantitative estimate of drug-likeness (QED) is 0.499. The van der Waals surface area contributed by atoms with Crippen LogP contribution in [0.5, 0.6) is 0 Å². The summed E-state index contributed by atoms with van der Waals surface area (Å²) in [5.74, 6) is 1.47. The first kappa shape index (κ1) is 7.40. The van der Waals surface area contributed by atoms with Gasteiger partial charge < -0.3 is 0 Å². The number of halogens is 1. The van der Waals surface area contributed by atoms with Crippen molar-refractivity contribution in [1.82, 2.24) is 0 Å². The highest BCUT2D eigenvalue weighted by Gasteiger charge is 2.47. The van der Waals surface area contributed by atoms with Crippen molar-refractivity contribution in [2.45, 2.75) is 38.5 Å². The van der Waals surface area contributed by atoms with Gasteiger partial charge in [-0.2, -0.15) is 0 Å². The van der Waals surface area contributed by atoms with Crippen LogP contribution < -0.4 is 0 Å². The molecule has 1 aliphatic rings. The van der Waals surface area contributed by atoms with E-state index in [2.05, 4.69) is 20.8 Å². The van der Waals surface area contributed by atoms with Crippen LogP contribution in [-0.2, 0) is 0 Å². The minimum Gasteiger partial charge on any atom is -0.119 e. The van der Waals surface area contributed by atoms with Gasteiger partial charge in [0.25, 0.3) is 0 Å². The summed E-state index contributed by atoms with van der Waals surface area (Å²) in [5.41, 5.74) is 0. The van der Waals surface area contributed by atoms with E-state index in [0.717, 1.165) is 18.3 Å². The Bertz CT molecular complexity index is 101. The maximum atomic E-state index is 6.29. The highest BCUT2D eigenvalue weighted by molar-refractivity contribution is 6.24. The average molecular weight is 147 g/mol. The Balaban J connectivity index is 2.55. The van der Waals surface area contributed by atoms with Crippen LogP contribution >= 0.6 is 11.6 Å². The molecule has 1 saturated carbocycles. The molecule has 0 aromatic heterocycles. The van der Waals surface area contributed by atoms with Crippen LogP contribution in [0.25, 0.3) is 0 Å². The lowest BCUT2D eigenvalue weighted by molar-refractivity contribution is 0.129. The molecule has 2 atom stereocenters. The van der Waals surface area contributed by atoms with Crippen molar-refractivity contribution in [3.63, 3.8) is 0 Å². The summed E-state index contributed by atoms with van der Waals surface area (Å²) in [7, 11) is 0. The second kappa shape index (κ2) is 2.16. The molecule has 0 heterocycles. The van der Waals surface area contributed by atoms with Crippen LogP contribution in [0.2, 0.25) is 0 Å². The molecule has 0 bridgehead atoms. The second-order valence-corrected chi connectivity index (χ2v) is 4.02. The van der Waals surface area contributed by atoms with Crippen molar-refractivity contribution in [3.05, 3.63) is 0 Å². The van der Waals surface area contributed by atoms with E-state index in [1.807, 2.05) is 0 Å². The van der Waals surface area contributed by atoms with Gasteiger partial charge in [-0.3, -0.25) is 0 Å². The van der Waals surface area contributed by atoms with E-state index >= 15 is 0 Å². The predicted molar refractivity (Wildman–Crippen MR) is 41.8 cm³/mol. The molecule has 9 heavy (non-hydrogen) atoms. The van der Waals surface area contributed by atoms with E-state index in [4.69, 9.17) is 11.6 Å². The zero-order chi connectivity index (χ0) is 7.07. The number of hydrogen-bond acceptors (Lipinski definition) is 0. The molecule has 1 fully saturated rings. The van der Waals surface area contributed by atoms with Gasteiger partial charge in [0.15, 0.2) is 0 Å². The predicted octanol–water partition coefficient (Wildman–Crippen LogP) is 3.05. The molecule has 0 aromatic rings.